The quantitative estimate of drug-likeness (QED) is 0.862. The van der Waals surface area contributed by atoms with Gasteiger partial charge in [0, 0.05) is 37.8 Å². The number of nitrogens with zero attached hydrogens (tertiary/aromatic N) is 3. The standard InChI is InChI=1S/C20H26N4O2/c1-15-4-6-16(7-5-15)8-9-19(26)23-11-2-3-17(13-23)20-22-10-12-24(20)14-18(21)25/h4-7,10,12,17H,2-3,8-9,11,13-14H2,1H3,(H2,21,25). The first-order valence-electron chi connectivity index (χ1n) is 9.15. The zero-order valence-electron chi connectivity index (χ0n) is 15.2. The van der Waals surface area contributed by atoms with Crippen LogP contribution in [0, 0.1) is 6.92 Å². The minimum absolute atomic E-state index is 0.132. The Morgan fingerprint density at radius 2 is 2.04 bits per heavy atom. The highest BCUT2D eigenvalue weighted by Gasteiger charge is 2.27. The topological polar surface area (TPSA) is 81.2 Å². The molecular weight excluding hydrogens is 328 g/mol. The van der Waals surface area contributed by atoms with Crippen LogP contribution in [0.4, 0.5) is 0 Å². The minimum atomic E-state index is -0.383. The van der Waals surface area contributed by atoms with Crippen LogP contribution in [0.15, 0.2) is 36.7 Å². The number of imidazole rings is 1. The number of carbonyl (C=O) groups is 2. The summed E-state index contributed by atoms with van der Waals surface area (Å²) < 4.78 is 1.80. The number of hydrogen-bond acceptors (Lipinski definition) is 3. The largest absolute Gasteiger partial charge is 0.368 e. The number of nitrogens with two attached hydrogens (primary N) is 1. The number of hydrogen-bond donors (Lipinski definition) is 1. The molecule has 1 fully saturated rings. The molecule has 0 aliphatic carbocycles. The molecule has 2 N–H and O–H groups in total. The fourth-order valence-corrected chi connectivity index (χ4v) is 3.56. The predicted molar refractivity (Wildman–Crippen MR) is 99.5 cm³/mol. The number of piperidine rings is 1. The molecule has 6 heteroatoms. The van der Waals surface area contributed by atoms with Crippen molar-refractivity contribution < 1.29 is 9.59 Å². The minimum Gasteiger partial charge on any atom is -0.368 e. The molecule has 3 rings (SSSR count). The average Bonchev–Trinajstić information content (AvgIpc) is 3.08. The number of aromatic nitrogens is 2. The molecule has 1 aromatic heterocycles. The average molecular weight is 354 g/mol. The Balaban J connectivity index is 1.59. The maximum atomic E-state index is 12.6. The lowest BCUT2D eigenvalue weighted by atomic mass is 9.96. The van der Waals surface area contributed by atoms with Crippen molar-refractivity contribution in [1.29, 1.82) is 0 Å². The van der Waals surface area contributed by atoms with Gasteiger partial charge in [0.1, 0.15) is 12.4 Å². The Morgan fingerprint density at radius 1 is 1.27 bits per heavy atom. The highest BCUT2D eigenvalue weighted by Crippen LogP contribution is 2.26. The molecule has 0 radical (unpaired) electrons. The summed E-state index contributed by atoms with van der Waals surface area (Å²) in [6, 6.07) is 8.33. The van der Waals surface area contributed by atoms with E-state index in [4.69, 9.17) is 5.73 Å². The van der Waals surface area contributed by atoms with Crippen LogP contribution >= 0.6 is 0 Å². The first-order chi connectivity index (χ1) is 12.5. The molecule has 1 saturated heterocycles. The van der Waals surface area contributed by atoms with Crippen molar-refractivity contribution in [2.24, 2.45) is 5.73 Å². The summed E-state index contributed by atoms with van der Waals surface area (Å²) in [4.78, 5) is 30.2. The molecule has 0 saturated carbocycles. The zero-order chi connectivity index (χ0) is 18.5. The first-order valence-corrected chi connectivity index (χ1v) is 9.15. The Labute approximate surface area is 154 Å². The predicted octanol–water partition coefficient (Wildman–Crippen LogP) is 2.02. The van der Waals surface area contributed by atoms with Crippen molar-refractivity contribution in [2.75, 3.05) is 13.1 Å². The summed E-state index contributed by atoms with van der Waals surface area (Å²) in [5.74, 6) is 0.802. The Bertz CT molecular complexity index is 766. The fourth-order valence-electron chi connectivity index (χ4n) is 3.56. The van der Waals surface area contributed by atoms with Gasteiger partial charge in [0.05, 0.1) is 0 Å². The second-order valence-electron chi connectivity index (χ2n) is 7.04. The third-order valence-electron chi connectivity index (χ3n) is 4.96. The van der Waals surface area contributed by atoms with Gasteiger partial charge in [-0.2, -0.15) is 0 Å². The molecule has 1 aliphatic heterocycles. The van der Waals surface area contributed by atoms with Crippen molar-refractivity contribution >= 4 is 11.8 Å². The van der Waals surface area contributed by atoms with Crippen LogP contribution in [-0.4, -0.2) is 39.4 Å². The maximum absolute atomic E-state index is 12.6. The van der Waals surface area contributed by atoms with Crippen LogP contribution < -0.4 is 5.73 Å². The summed E-state index contributed by atoms with van der Waals surface area (Å²) in [5, 5.41) is 0. The molecule has 6 nitrogen and oxygen atoms in total. The summed E-state index contributed by atoms with van der Waals surface area (Å²) in [7, 11) is 0. The number of likely N-dealkylation sites (tertiary alicyclic amines) is 1. The van der Waals surface area contributed by atoms with E-state index in [2.05, 4.69) is 36.2 Å². The van der Waals surface area contributed by atoms with E-state index >= 15 is 0 Å². The second-order valence-corrected chi connectivity index (χ2v) is 7.04. The third-order valence-corrected chi connectivity index (χ3v) is 4.96. The summed E-state index contributed by atoms with van der Waals surface area (Å²) >= 11 is 0. The summed E-state index contributed by atoms with van der Waals surface area (Å²) in [5.41, 5.74) is 7.73. The highest BCUT2D eigenvalue weighted by molar-refractivity contribution is 5.76. The smallest absolute Gasteiger partial charge is 0.237 e. The van der Waals surface area contributed by atoms with Gasteiger partial charge in [0.15, 0.2) is 0 Å². The van der Waals surface area contributed by atoms with Gasteiger partial charge in [-0.3, -0.25) is 9.59 Å². The van der Waals surface area contributed by atoms with Crippen molar-refractivity contribution in [3.8, 4) is 0 Å². The van der Waals surface area contributed by atoms with Gasteiger partial charge in [-0.1, -0.05) is 29.8 Å². The molecule has 2 amide bonds. The molecule has 1 unspecified atom stereocenters. The van der Waals surface area contributed by atoms with E-state index < -0.39 is 0 Å². The van der Waals surface area contributed by atoms with Gasteiger partial charge in [0.2, 0.25) is 11.8 Å². The normalized spacial score (nSPS) is 17.3. The Morgan fingerprint density at radius 3 is 2.77 bits per heavy atom. The van der Waals surface area contributed by atoms with E-state index in [0.717, 1.165) is 31.6 Å². The van der Waals surface area contributed by atoms with Crippen molar-refractivity contribution in [2.45, 2.75) is 45.1 Å². The van der Waals surface area contributed by atoms with Crippen LogP contribution in [0.3, 0.4) is 0 Å². The maximum Gasteiger partial charge on any atom is 0.237 e. The molecule has 0 bridgehead atoms. The van der Waals surface area contributed by atoms with Crippen LogP contribution in [0.25, 0.3) is 0 Å². The molecule has 2 aromatic rings. The summed E-state index contributed by atoms with van der Waals surface area (Å²) in [6.07, 6.45) is 6.67. The number of benzene rings is 1. The molecule has 1 atom stereocenters. The van der Waals surface area contributed by atoms with E-state index in [0.29, 0.717) is 13.0 Å². The van der Waals surface area contributed by atoms with Gasteiger partial charge < -0.3 is 15.2 Å². The Kier molecular flexibility index (Phi) is 5.71. The van der Waals surface area contributed by atoms with Gasteiger partial charge in [-0.25, -0.2) is 4.98 Å². The molecule has 2 heterocycles. The molecule has 0 spiro atoms. The highest BCUT2D eigenvalue weighted by atomic mass is 16.2. The van der Waals surface area contributed by atoms with Crippen molar-refractivity contribution in [3.05, 3.63) is 53.6 Å². The van der Waals surface area contributed by atoms with Crippen LogP contribution in [0.5, 0.6) is 0 Å². The fraction of sp³-hybridized carbons (Fsp3) is 0.450. The number of rotatable bonds is 6. The second kappa shape index (κ2) is 8.17. The number of aryl methyl sites for hydroxylation is 2. The number of primary amides is 1. The lowest BCUT2D eigenvalue weighted by Gasteiger charge is -2.32. The van der Waals surface area contributed by atoms with Crippen molar-refractivity contribution in [3.63, 3.8) is 0 Å². The lowest BCUT2D eigenvalue weighted by Crippen LogP contribution is -2.40. The zero-order valence-corrected chi connectivity index (χ0v) is 15.2. The van der Waals surface area contributed by atoms with Crippen LogP contribution in [0.2, 0.25) is 0 Å². The summed E-state index contributed by atoms with van der Waals surface area (Å²) in [6.45, 7) is 3.64. The SMILES string of the molecule is Cc1ccc(CCC(=O)N2CCCC(c3nccn3CC(N)=O)C2)cc1. The number of carbonyl (C=O) groups excluding carboxylic acids is 2. The van der Waals surface area contributed by atoms with E-state index in [1.165, 1.54) is 11.1 Å². The van der Waals surface area contributed by atoms with Gasteiger partial charge >= 0.3 is 0 Å². The lowest BCUT2D eigenvalue weighted by molar-refractivity contribution is -0.132. The third kappa shape index (κ3) is 4.50. The van der Waals surface area contributed by atoms with Gasteiger partial charge in [-0.05, 0) is 31.7 Å². The van der Waals surface area contributed by atoms with Gasteiger partial charge in [0.25, 0.3) is 0 Å². The van der Waals surface area contributed by atoms with E-state index in [1.54, 1.807) is 17.0 Å². The van der Waals surface area contributed by atoms with Crippen LogP contribution in [0.1, 0.15) is 42.1 Å². The molecule has 138 valence electrons. The van der Waals surface area contributed by atoms with Gasteiger partial charge in [-0.15, -0.1) is 0 Å². The van der Waals surface area contributed by atoms with E-state index in [9.17, 15) is 9.59 Å². The molecule has 1 aliphatic rings. The monoisotopic (exact) mass is 354 g/mol. The molecular formula is C20H26N4O2. The van der Waals surface area contributed by atoms with E-state index in [-0.39, 0.29) is 24.3 Å². The van der Waals surface area contributed by atoms with E-state index in [1.807, 2.05) is 4.90 Å². The molecule has 26 heavy (non-hydrogen) atoms. The molecule has 1 aromatic carbocycles. The first kappa shape index (κ1) is 18.2. The van der Waals surface area contributed by atoms with Crippen LogP contribution in [-0.2, 0) is 22.6 Å². The number of amides is 2. The van der Waals surface area contributed by atoms with Crippen molar-refractivity contribution in [1.82, 2.24) is 14.5 Å². The Hall–Kier alpha value is -2.63.